The van der Waals surface area contributed by atoms with Gasteiger partial charge in [0.2, 0.25) is 0 Å². The van der Waals surface area contributed by atoms with Crippen molar-refractivity contribution < 1.29 is 14.2 Å². The van der Waals surface area contributed by atoms with Crippen LogP contribution < -0.4 is 0 Å². The lowest BCUT2D eigenvalue weighted by molar-refractivity contribution is -0.152. The van der Waals surface area contributed by atoms with E-state index in [1.807, 2.05) is 0 Å². The Kier molecular flexibility index (Phi) is 3.43. The number of hydrogen-bond donors (Lipinski definition) is 0. The molecule has 0 bridgehead atoms. The largest absolute Gasteiger partial charge is 0.377 e. The van der Waals surface area contributed by atoms with Crippen LogP contribution in [0.25, 0.3) is 0 Å². The minimum absolute atomic E-state index is 0.246. The van der Waals surface area contributed by atoms with Crippen LogP contribution in [-0.4, -0.2) is 32.7 Å². The average Bonchev–Trinajstić information content (AvgIpc) is 1.87. The molecule has 0 amide bonds. The lowest BCUT2D eigenvalue weighted by atomic mass is 10.6. The van der Waals surface area contributed by atoms with E-state index in [0.717, 1.165) is 0 Å². The first kappa shape index (κ1) is 7.72. The number of hydrogen-bond acceptors (Lipinski definition) is 3. The lowest BCUT2D eigenvalue weighted by Gasteiger charge is -2.17. The standard InChI is InChI=1S/C7H12O3/c1-2-7-9-5-3-8-4-6-10-7/h2,7H,1,3-6H2. The maximum absolute atomic E-state index is 5.17. The van der Waals surface area contributed by atoms with Gasteiger partial charge in [-0.3, -0.25) is 0 Å². The van der Waals surface area contributed by atoms with Gasteiger partial charge in [0, 0.05) is 0 Å². The zero-order valence-corrected chi connectivity index (χ0v) is 5.91. The third kappa shape index (κ3) is 2.47. The van der Waals surface area contributed by atoms with Gasteiger partial charge in [0.25, 0.3) is 0 Å². The Labute approximate surface area is 60.6 Å². The summed E-state index contributed by atoms with van der Waals surface area (Å²) >= 11 is 0. The van der Waals surface area contributed by atoms with E-state index in [-0.39, 0.29) is 6.29 Å². The Bertz CT molecular complexity index is 95.0. The summed E-state index contributed by atoms with van der Waals surface area (Å²) in [4.78, 5) is 0. The van der Waals surface area contributed by atoms with Crippen molar-refractivity contribution >= 4 is 0 Å². The Morgan fingerprint density at radius 3 is 2.20 bits per heavy atom. The molecule has 0 aromatic carbocycles. The van der Waals surface area contributed by atoms with Crippen LogP contribution in [-0.2, 0) is 14.2 Å². The normalized spacial score (nSPS) is 23.2. The van der Waals surface area contributed by atoms with Crippen LogP contribution in [0.5, 0.6) is 0 Å². The first-order chi connectivity index (χ1) is 4.93. The van der Waals surface area contributed by atoms with Gasteiger partial charge in [0.15, 0.2) is 6.29 Å². The topological polar surface area (TPSA) is 27.7 Å². The second kappa shape index (κ2) is 4.44. The van der Waals surface area contributed by atoms with Crippen molar-refractivity contribution in [1.29, 1.82) is 0 Å². The minimum Gasteiger partial charge on any atom is -0.377 e. The van der Waals surface area contributed by atoms with Crippen LogP contribution in [0.2, 0.25) is 0 Å². The molecule has 0 aromatic rings. The fourth-order valence-corrected chi connectivity index (χ4v) is 0.733. The maximum Gasteiger partial charge on any atom is 0.176 e. The third-order valence-corrected chi connectivity index (χ3v) is 1.21. The molecule has 0 unspecified atom stereocenters. The Hall–Kier alpha value is -0.380. The van der Waals surface area contributed by atoms with Crippen LogP contribution in [0.3, 0.4) is 0 Å². The summed E-state index contributed by atoms with van der Waals surface area (Å²) in [5, 5.41) is 0. The molecule has 1 aliphatic heterocycles. The molecular formula is C7H12O3. The average molecular weight is 144 g/mol. The van der Waals surface area contributed by atoms with Crippen molar-refractivity contribution in [2.45, 2.75) is 6.29 Å². The second-order valence-corrected chi connectivity index (χ2v) is 1.96. The van der Waals surface area contributed by atoms with Crippen molar-refractivity contribution in [2.24, 2.45) is 0 Å². The van der Waals surface area contributed by atoms with E-state index >= 15 is 0 Å². The molecule has 0 radical (unpaired) electrons. The van der Waals surface area contributed by atoms with Crippen LogP contribution in [0.1, 0.15) is 0 Å². The Morgan fingerprint density at radius 2 is 1.70 bits per heavy atom. The van der Waals surface area contributed by atoms with E-state index in [0.29, 0.717) is 26.4 Å². The van der Waals surface area contributed by atoms with Crippen molar-refractivity contribution in [1.82, 2.24) is 0 Å². The van der Waals surface area contributed by atoms with Gasteiger partial charge in [-0.05, 0) is 6.08 Å². The first-order valence-corrected chi connectivity index (χ1v) is 3.37. The van der Waals surface area contributed by atoms with Crippen LogP contribution in [0.4, 0.5) is 0 Å². The van der Waals surface area contributed by atoms with Gasteiger partial charge in [0.1, 0.15) is 0 Å². The highest BCUT2D eigenvalue weighted by Gasteiger charge is 2.06. The van der Waals surface area contributed by atoms with Gasteiger partial charge in [-0.2, -0.15) is 0 Å². The molecule has 58 valence electrons. The summed E-state index contributed by atoms with van der Waals surface area (Å²) < 4.78 is 15.4. The summed E-state index contributed by atoms with van der Waals surface area (Å²) in [5.41, 5.74) is 0. The first-order valence-electron chi connectivity index (χ1n) is 3.37. The van der Waals surface area contributed by atoms with E-state index in [4.69, 9.17) is 14.2 Å². The van der Waals surface area contributed by atoms with E-state index in [1.165, 1.54) is 0 Å². The van der Waals surface area contributed by atoms with E-state index in [1.54, 1.807) is 6.08 Å². The summed E-state index contributed by atoms with van der Waals surface area (Å²) in [5.74, 6) is 0. The van der Waals surface area contributed by atoms with Gasteiger partial charge in [0.05, 0.1) is 26.4 Å². The van der Waals surface area contributed by atoms with E-state index < -0.39 is 0 Å². The summed E-state index contributed by atoms with van der Waals surface area (Å²) in [6, 6.07) is 0. The smallest absolute Gasteiger partial charge is 0.176 e. The molecule has 0 spiro atoms. The molecule has 0 aliphatic carbocycles. The zero-order chi connectivity index (χ0) is 7.23. The highest BCUT2D eigenvalue weighted by atomic mass is 16.7. The lowest BCUT2D eigenvalue weighted by Crippen LogP contribution is -2.23. The molecule has 3 nitrogen and oxygen atoms in total. The monoisotopic (exact) mass is 144 g/mol. The molecule has 3 heteroatoms. The molecule has 0 aromatic heterocycles. The predicted octanol–water partition coefficient (Wildman–Crippen LogP) is 0.562. The molecule has 1 heterocycles. The molecule has 0 atom stereocenters. The second-order valence-electron chi connectivity index (χ2n) is 1.96. The van der Waals surface area contributed by atoms with Gasteiger partial charge in [-0.15, -0.1) is 0 Å². The minimum atomic E-state index is -0.246. The molecule has 1 fully saturated rings. The summed E-state index contributed by atoms with van der Waals surface area (Å²) in [6.45, 7) is 6.02. The molecule has 1 rings (SSSR count). The van der Waals surface area contributed by atoms with Gasteiger partial charge >= 0.3 is 0 Å². The molecule has 1 saturated heterocycles. The molecule has 0 saturated carbocycles. The molecule has 10 heavy (non-hydrogen) atoms. The van der Waals surface area contributed by atoms with Gasteiger partial charge < -0.3 is 14.2 Å². The third-order valence-electron chi connectivity index (χ3n) is 1.21. The van der Waals surface area contributed by atoms with Crippen molar-refractivity contribution in [3.63, 3.8) is 0 Å². The summed E-state index contributed by atoms with van der Waals surface area (Å²) in [7, 11) is 0. The Balaban J connectivity index is 2.22. The molecular weight excluding hydrogens is 132 g/mol. The zero-order valence-electron chi connectivity index (χ0n) is 5.91. The van der Waals surface area contributed by atoms with Crippen molar-refractivity contribution in [2.75, 3.05) is 26.4 Å². The highest BCUT2D eigenvalue weighted by molar-refractivity contribution is 4.72. The van der Waals surface area contributed by atoms with Crippen molar-refractivity contribution in [3.8, 4) is 0 Å². The van der Waals surface area contributed by atoms with Crippen LogP contribution >= 0.6 is 0 Å². The van der Waals surface area contributed by atoms with E-state index in [9.17, 15) is 0 Å². The van der Waals surface area contributed by atoms with E-state index in [2.05, 4.69) is 6.58 Å². The fourth-order valence-electron chi connectivity index (χ4n) is 0.733. The molecule has 1 aliphatic rings. The quantitative estimate of drug-likeness (QED) is 0.503. The fraction of sp³-hybridized carbons (Fsp3) is 0.714. The highest BCUT2D eigenvalue weighted by Crippen LogP contribution is 1.98. The Morgan fingerprint density at radius 1 is 1.10 bits per heavy atom. The summed E-state index contributed by atoms with van der Waals surface area (Å²) in [6.07, 6.45) is 1.40. The van der Waals surface area contributed by atoms with Crippen LogP contribution in [0, 0.1) is 0 Å². The molecule has 0 N–H and O–H groups in total. The van der Waals surface area contributed by atoms with Gasteiger partial charge in [-0.25, -0.2) is 0 Å². The van der Waals surface area contributed by atoms with Crippen LogP contribution in [0.15, 0.2) is 12.7 Å². The van der Waals surface area contributed by atoms with Crippen molar-refractivity contribution in [3.05, 3.63) is 12.7 Å². The SMILES string of the molecule is C=CC1OCCOCCO1. The maximum atomic E-state index is 5.17. The number of ether oxygens (including phenoxy) is 3. The number of rotatable bonds is 1. The predicted molar refractivity (Wildman–Crippen MR) is 36.7 cm³/mol. The van der Waals surface area contributed by atoms with Gasteiger partial charge in [-0.1, -0.05) is 6.58 Å².